The van der Waals surface area contributed by atoms with E-state index in [0.29, 0.717) is 11.5 Å². The number of nitrogens with zero attached hydrogens (tertiary/aromatic N) is 2. The van der Waals surface area contributed by atoms with Gasteiger partial charge in [-0.05, 0) is 12.1 Å². The molecule has 1 aromatic heterocycles. The van der Waals surface area contributed by atoms with Gasteiger partial charge >= 0.3 is 6.03 Å². The fourth-order valence-corrected chi connectivity index (χ4v) is 3.26. The molecule has 0 fully saturated rings. The van der Waals surface area contributed by atoms with Crippen LogP contribution in [0.1, 0.15) is 21.6 Å². The van der Waals surface area contributed by atoms with E-state index in [1.54, 1.807) is 14.2 Å². The van der Waals surface area contributed by atoms with Gasteiger partial charge in [0, 0.05) is 35.7 Å². The zero-order valence-electron chi connectivity index (χ0n) is 16.5. The number of hydrogen-bond acceptors (Lipinski definition) is 7. The van der Waals surface area contributed by atoms with Crippen LogP contribution in [0, 0.1) is 0 Å². The molecule has 30 heavy (non-hydrogen) atoms. The van der Waals surface area contributed by atoms with E-state index in [1.807, 2.05) is 48.5 Å². The summed E-state index contributed by atoms with van der Waals surface area (Å²) in [5.41, 5.74) is 1.69. The lowest BCUT2D eigenvalue weighted by atomic mass is 10.2. The third kappa shape index (κ3) is 5.23. The zero-order chi connectivity index (χ0) is 21.3. The average molecular weight is 427 g/mol. The first-order chi connectivity index (χ1) is 14.6. The number of anilines is 1. The SMILES string of the molecule is COc1ccccc1CNC(=O)Nc1snnc1C(=O)NCc1ccccc1OC. The molecule has 0 radical (unpaired) electrons. The molecule has 0 atom stereocenters. The molecule has 0 bridgehead atoms. The molecule has 0 aliphatic carbocycles. The molecular weight excluding hydrogens is 406 g/mol. The molecule has 0 saturated carbocycles. The molecule has 9 nitrogen and oxygen atoms in total. The minimum atomic E-state index is -0.481. The van der Waals surface area contributed by atoms with Gasteiger partial charge in [0.25, 0.3) is 5.91 Å². The largest absolute Gasteiger partial charge is 0.496 e. The molecule has 1 heterocycles. The van der Waals surface area contributed by atoms with Crippen LogP contribution >= 0.6 is 11.5 Å². The van der Waals surface area contributed by atoms with E-state index in [9.17, 15) is 9.59 Å². The van der Waals surface area contributed by atoms with E-state index in [2.05, 4.69) is 25.5 Å². The van der Waals surface area contributed by atoms with Crippen LogP contribution < -0.4 is 25.4 Å². The summed E-state index contributed by atoms with van der Waals surface area (Å²) in [6, 6.07) is 14.2. The average Bonchev–Trinajstić information content (AvgIpc) is 3.24. The van der Waals surface area contributed by atoms with Crippen LogP contribution in [0.25, 0.3) is 0 Å². The Hall–Kier alpha value is -3.66. The first kappa shape index (κ1) is 21.1. The van der Waals surface area contributed by atoms with Crippen LogP contribution in [0.3, 0.4) is 0 Å². The number of amides is 3. The molecule has 0 spiro atoms. The van der Waals surface area contributed by atoms with Gasteiger partial charge in [0.1, 0.15) is 11.5 Å². The smallest absolute Gasteiger partial charge is 0.320 e. The number of rotatable bonds is 8. The Morgan fingerprint density at radius 3 is 2.07 bits per heavy atom. The van der Waals surface area contributed by atoms with Crippen LogP contribution in [0.5, 0.6) is 11.5 Å². The second kappa shape index (κ2) is 10.2. The van der Waals surface area contributed by atoms with Gasteiger partial charge in [0.05, 0.1) is 14.2 Å². The molecule has 156 valence electrons. The van der Waals surface area contributed by atoms with Crippen molar-refractivity contribution in [3.63, 3.8) is 0 Å². The van der Waals surface area contributed by atoms with Gasteiger partial charge in [-0.15, -0.1) is 5.10 Å². The third-order valence-electron chi connectivity index (χ3n) is 4.19. The number of nitrogens with one attached hydrogen (secondary N) is 3. The number of aromatic nitrogens is 2. The monoisotopic (exact) mass is 427 g/mol. The summed E-state index contributed by atoms with van der Waals surface area (Å²) in [6.45, 7) is 0.511. The van der Waals surface area contributed by atoms with E-state index < -0.39 is 11.9 Å². The van der Waals surface area contributed by atoms with E-state index in [1.165, 1.54) is 0 Å². The maximum Gasteiger partial charge on any atom is 0.320 e. The lowest BCUT2D eigenvalue weighted by Crippen LogP contribution is -2.30. The summed E-state index contributed by atoms with van der Waals surface area (Å²) in [5.74, 6) is 0.895. The number of para-hydroxylation sites is 2. The molecule has 3 amide bonds. The highest BCUT2D eigenvalue weighted by Crippen LogP contribution is 2.20. The lowest BCUT2D eigenvalue weighted by molar-refractivity contribution is 0.0946. The van der Waals surface area contributed by atoms with Crippen LogP contribution in [0.15, 0.2) is 48.5 Å². The Morgan fingerprint density at radius 1 is 0.900 bits per heavy atom. The van der Waals surface area contributed by atoms with Crippen LogP contribution in [0.2, 0.25) is 0 Å². The fourth-order valence-electron chi connectivity index (χ4n) is 2.70. The first-order valence-corrected chi connectivity index (χ1v) is 9.79. The summed E-state index contributed by atoms with van der Waals surface area (Å²) in [7, 11) is 3.13. The van der Waals surface area contributed by atoms with Crippen molar-refractivity contribution in [1.82, 2.24) is 20.2 Å². The van der Waals surface area contributed by atoms with Crippen molar-refractivity contribution in [3.8, 4) is 11.5 Å². The van der Waals surface area contributed by atoms with E-state index in [0.717, 1.165) is 22.7 Å². The van der Waals surface area contributed by atoms with Crippen LogP contribution in [-0.2, 0) is 13.1 Å². The normalized spacial score (nSPS) is 10.2. The molecule has 2 aromatic carbocycles. The number of benzene rings is 2. The Bertz CT molecular complexity index is 1020. The minimum Gasteiger partial charge on any atom is -0.496 e. The Morgan fingerprint density at radius 2 is 1.47 bits per heavy atom. The predicted octanol–water partition coefficient (Wildman–Crippen LogP) is 2.81. The molecule has 0 unspecified atom stereocenters. The number of urea groups is 1. The highest BCUT2D eigenvalue weighted by atomic mass is 32.1. The quantitative estimate of drug-likeness (QED) is 0.509. The van der Waals surface area contributed by atoms with Crippen molar-refractivity contribution in [2.75, 3.05) is 19.5 Å². The summed E-state index contributed by atoms with van der Waals surface area (Å²) in [4.78, 5) is 24.8. The predicted molar refractivity (Wildman–Crippen MR) is 113 cm³/mol. The van der Waals surface area contributed by atoms with Crippen molar-refractivity contribution in [1.29, 1.82) is 0 Å². The Labute approximate surface area is 177 Å². The molecule has 3 rings (SSSR count). The Balaban J connectivity index is 1.57. The topological polar surface area (TPSA) is 114 Å². The van der Waals surface area contributed by atoms with E-state index >= 15 is 0 Å². The Kier molecular flexibility index (Phi) is 7.17. The minimum absolute atomic E-state index is 0.0438. The molecule has 10 heteroatoms. The zero-order valence-corrected chi connectivity index (χ0v) is 17.3. The molecule has 3 aromatic rings. The number of carbonyl (C=O) groups is 2. The number of hydrogen-bond donors (Lipinski definition) is 3. The molecular formula is C20H21N5O4S. The highest BCUT2D eigenvalue weighted by molar-refractivity contribution is 7.10. The van der Waals surface area contributed by atoms with Gasteiger partial charge in [-0.3, -0.25) is 10.1 Å². The second-order valence-electron chi connectivity index (χ2n) is 6.06. The third-order valence-corrected chi connectivity index (χ3v) is 4.84. The number of methoxy groups -OCH3 is 2. The summed E-state index contributed by atoms with van der Waals surface area (Å²) in [6.07, 6.45) is 0. The van der Waals surface area contributed by atoms with Crippen molar-refractivity contribution in [2.24, 2.45) is 0 Å². The summed E-state index contributed by atoms with van der Waals surface area (Å²) >= 11 is 0.922. The van der Waals surface area contributed by atoms with Crippen molar-refractivity contribution in [2.45, 2.75) is 13.1 Å². The standard InChI is InChI=1S/C20H21N5O4S/c1-28-15-9-5-3-7-13(15)11-21-18(26)17-19(30-25-24-17)23-20(27)22-12-14-8-4-6-10-16(14)29-2/h3-10H,11-12H2,1-2H3,(H,21,26)(H2,22,23,27). The highest BCUT2D eigenvalue weighted by Gasteiger charge is 2.19. The van der Waals surface area contributed by atoms with Gasteiger partial charge in [-0.1, -0.05) is 40.9 Å². The summed E-state index contributed by atoms with van der Waals surface area (Å²) < 4.78 is 14.3. The van der Waals surface area contributed by atoms with Crippen LogP contribution in [0.4, 0.5) is 9.80 Å². The fraction of sp³-hybridized carbons (Fsp3) is 0.200. The van der Waals surface area contributed by atoms with Gasteiger partial charge in [0.15, 0.2) is 10.7 Å². The van der Waals surface area contributed by atoms with Gasteiger partial charge < -0.3 is 20.1 Å². The van der Waals surface area contributed by atoms with Crippen molar-refractivity contribution >= 4 is 28.5 Å². The maximum absolute atomic E-state index is 12.5. The van der Waals surface area contributed by atoms with E-state index in [4.69, 9.17) is 9.47 Å². The van der Waals surface area contributed by atoms with Crippen molar-refractivity contribution in [3.05, 3.63) is 65.4 Å². The molecule has 0 saturated heterocycles. The molecule has 3 N–H and O–H groups in total. The summed E-state index contributed by atoms with van der Waals surface area (Å²) in [5, 5.41) is 12.2. The van der Waals surface area contributed by atoms with Gasteiger partial charge in [-0.2, -0.15) is 0 Å². The first-order valence-electron chi connectivity index (χ1n) is 9.01. The second-order valence-corrected chi connectivity index (χ2v) is 6.82. The molecule has 0 aliphatic rings. The number of carbonyl (C=O) groups excluding carboxylic acids is 2. The molecule has 0 aliphatic heterocycles. The van der Waals surface area contributed by atoms with E-state index in [-0.39, 0.29) is 23.8 Å². The van der Waals surface area contributed by atoms with Gasteiger partial charge in [0.2, 0.25) is 0 Å². The van der Waals surface area contributed by atoms with Crippen molar-refractivity contribution < 1.29 is 19.1 Å². The van der Waals surface area contributed by atoms with Gasteiger partial charge in [-0.25, -0.2) is 4.79 Å². The maximum atomic E-state index is 12.5. The number of ether oxygens (including phenoxy) is 2. The van der Waals surface area contributed by atoms with Crippen LogP contribution in [-0.4, -0.2) is 35.7 Å². The lowest BCUT2D eigenvalue weighted by Gasteiger charge is -2.11.